The van der Waals surface area contributed by atoms with E-state index in [2.05, 4.69) is 10.7 Å². The van der Waals surface area contributed by atoms with Gasteiger partial charge in [-0.05, 0) is 0 Å². The lowest BCUT2D eigenvalue weighted by Crippen LogP contribution is -2.06. The van der Waals surface area contributed by atoms with Crippen molar-refractivity contribution >= 4 is 12.4 Å². The van der Waals surface area contributed by atoms with Gasteiger partial charge in [0.2, 0.25) is 0 Å². The van der Waals surface area contributed by atoms with Gasteiger partial charge < -0.3 is 4.84 Å². The summed E-state index contributed by atoms with van der Waals surface area (Å²) in [5, 5.41) is 0. The normalized spacial score (nSPS) is 29.0. The van der Waals surface area contributed by atoms with E-state index in [0.29, 0.717) is 0 Å². The lowest BCUT2D eigenvalue weighted by atomic mass is 10.5. The summed E-state index contributed by atoms with van der Waals surface area (Å²) in [5.74, 6) is 1.45. The molecule has 1 atom stereocenters. The zero-order chi connectivity index (χ0) is 6.20. The van der Waals surface area contributed by atoms with Crippen LogP contribution in [0.2, 0.25) is 0 Å². The summed E-state index contributed by atoms with van der Waals surface area (Å²) in [6.07, 6.45) is -0.0653. The van der Waals surface area contributed by atoms with E-state index < -0.39 is 11.8 Å². The fourth-order valence-corrected chi connectivity index (χ4v) is 0.567. The third kappa shape index (κ3) is 2.04. The molecule has 0 bridgehead atoms. The quantitative estimate of drug-likeness (QED) is 0.609. The zero-order valence-corrected chi connectivity index (χ0v) is 5.46. The Hall–Kier alpha value is 0.0700. The Kier molecular flexibility index (Phi) is 2.79. The van der Waals surface area contributed by atoms with E-state index in [1.54, 1.807) is 0 Å². The number of alkyl halides is 2. The summed E-state index contributed by atoms with van der Waals surface area (Å²) >= 11 is 0. The van der Waals surface area contributed by atoms with Crippen molar-refractivity contribution in [3.8, 4) is 0 Å². The molecular formula is C4H8ClF2NO. The molecule has 1 rings (SSSR count). The molecule has 5 heteroatoms. The lowest BCUT2D eigenvalue weighted by Gasteiger charge is -1.92. The van der Waals surface area contributed by atoms with Gasteiger partial charge in [0.15, 0.2) is 0 Å². The fraction of sp³-hybridized carbons (Fsp3) is 1.00. The van der Waals surface area contributed by atoms with E-state index in [-0.39, 0.29) is 25.4 Å². The van der Waals surface area contributed by atoms with E-state index in [9.17, 15) is 8.78 Å². The Bertz CT molecular complexity index is 101. The number of rotatable bonds is 2. The van der Waals surface area contributed by atoms with Gasteiger partial charge in [0.05, 0.1) is 12.5 Å². The highest BCUT2D eigenvalue weighted by atomic mass is 35.5. The van der Waals surface area contributed by atoms with Gasteiger partial charge in [-0.15, -0.1) is 12.4 Å². The van der Waals surface area contributed by atoms with Gasteiger partial charge in [-0.3, -0.25) is 0 Å². The van der Waals surface area contributed by atoms with Crippen LogP contribution >= 0.6 is 12.4 Å². The molecule has 0 aromatic carbocycles. The van der Waals surface area contributed by atoms with Gasteiger partial charge in [-0.2, -0.15) is 0 Å². The van der Waals surface area contributed by atoms with Gasteiger partial charge in [-0.1, -0.05) is 0 Å². The van der Waals surface area contributed by atoms with Crippen LogP contribution in [0, 0.1) is 5.92 Å². The molecule has 1 aliphatic carbocycles. The summed E-state index contributed by atoms with van der Waals surface area (Å²) in [6, 6.07) is 0. The van der Waals surface area contributed by atoms with Gasteiger partial charge in [0, 0.05) is 6.42 Å². The minimum Gasteiger partial charge on any atom is -0.304 e. The topological polar surface area (TPSA) is 35.2 Å². The first kappa shape index (κ1) is 9.07. The Labute approximate surface area is 57.7 Å². The van der Waals surface area contributed by atoms with E-state index >= 15 is 0 Å². The van der Waals surface area contributed by atoms with Crippen LogP contribution in [0.3, 0.4) is 0 Å². The Morgan fingerprint density at radius 2 is 2.11 bits per heavy atom. The van der Waals surface area contributed by atoms with Crippen molar-refractivity contribution in [3.63, 3.8) is 0 Å². The molecule has 0 spiro atoms. The lowest BCUT2D eigenvalue weighted by molar-refractivity contribution is 0.0549. The smallest absolute Gasteiger partial charge is 0.254 e. The predicted octanol–water partition coefficient (Wildman–Crippen LogP) is 0.954. The van der Waals surface area contributed by atoms with Crippen LogP contribution in [0.15, 0.2) is 0 Å². The van der Waals surface area contributed by atoms with Gasteiger partial charge in [0.25, 0.3) is 5.92 Å². The average Bonchev–Trinajstić information content (AvgIpc) is 2.15. The second-order valence-corrected chi connectivity index (χ2v) is 2.00. The fourth-order valence-electron chi connectivity index (χ4n) is 0.567. The maximum atomic E-state index is 11.8. The third-order valence-electron chi connectivity index (χ3n) is 1.25. The number of hydrogen-bond acceptors (Lipinski definition) is 2. The second kappa shape index (κ2) is 2.77. The molecule has 1 saturated carbocycles. The van der Waals surface area contributed by atoms with Crippen molar-refractivity contribution < 1.29 is 13.6 Å². The average molecular weight is 160 g/mol. The highest BCUT2D eigenvalue weighted by Crippen LogP contribution is 2.48. The molecule has 0 aromatic rings. The minimum absolute atomic E-state index is 0. The van der Waals surface area contributed by atoms with Gasteiger partial charge in [-0.25, -0.2) is 14.7 Å². The second-order valence-electron chi connectivity index (χ2n) is 2.00. The molecular weight excluding hydrogens is 151 g/mol. The summed E-state index contributed by atoms with van der Waals surface area (Å²) in [7, 11) is 0. The molecule has 56 valence electrons. The molecule has 9 heavy (non-hydrogen) atoms. The number of halogens is 3. The van der Waals surface area contributed by atoms with Crippen molar-refractivity contribution in [3.05, 3.63) is 0 Å². The maximum absolute atomic E-state index is 11.8. The molecule has 0 heterocycles. The molecule has 2 nitrogen and oxygen atoms in total. The van der Waals surface area contributed by atoms with E-state index in [4.69, 9.17) is 0 Å². The van der Waals surface area contributed by atoms with Crippen molar-refractivity contribution in [2.75, 3.05) is 6.61 Å². The standard InChI is InChI=1S/C4H7F2NO.ClH/c5-4(6)1-3(4)2-8-7;/h3H,1-2,7H2;1H. The van der Waals surface area contributed by atoms with Crippen LogP contribution in [0.1, 0.15) is 6.42 Å². The van der Waals surface area contributed by atoms with Crippen molar-refractivity contribution in [1.82, 2.24) is 0 Å². The first-order valence-corrected chi connectivity index (χ1v) is 2.36. The van der Waals surface area contributed by atoms with Crippen LogP contribution in [0.25, 0.3) is 0 Å². The van der Waals surface area contributed by atoms with E-state index in [0.717, 1.165) is 0 Å². The molecule has 0 amide bonds. The van der Waals surface area contributed by atoms with Crippen LogP contribution in [-0.4, -0.2) is 12.5 Å². The third-order valence-corrected chi connectivity index (χ3v) is 1.25. The first-order chi connectivity index (χ1) is 3.67. The van der Waals surface area contributed by atoms with Crippen LogP contribution in [-0.2, 0) is 4.84 Å². The Morgan fingerprint density at radius 3 is 2.22 bits per heavy atom. The van der Waals surface area contributed by atoms with Crippen LogP contribution < -0.4 is 5.90 Å². The number of nitrogens with two attached hydrogens (primary N) is 1. The van der Waals surface area contributed by atoms with Gasteiger partial charge in [0.1, 0.15) is 0 Å². The number of hydrogen-bond donors (Lipinski definition) is 1. The summed E-state index contributed by atoms with van der Waals surface area (Å²) < 4.78 is 23.7. The van der Waals surface area contributed by atoms with Crippen molar-refractivity contribution in [2.24, 2.45) is 11.8 Å². The van der Waals surface area contributed by atoms with Crippen LogP contribution in [0.4, 0.5) is 8.78 Å². The molecule has 0 aromatic heterocycles. The molecule has 0 saturated heterocycles. The monoisotopic (exact) mass is 159 g/mol. The van der Waals surface area contributed by atoms with E-state index in [1.807, 2.05) is 0 Å². The van der Waals surface area contributed by atoms with Crippen molar-refractivity contribution in [1.29, 1.82) is 0 Å². The van der Waals surface area contributed by atoms with Gasteiger partial charge >= 0.3 is 0 Å². The van der Waals surface area contributed by atoms with Crippen molar-refractivity contribution in [2.45, 2.75) is 12.3 Å². The summed E-state index contributed by atoms with van der Waals surface area (Å²) in [4.78, 5) is 4.02. The summed E-state index contributed by atoms with van der Waals surface area (Å²) in [5.41, 5.74) is 0. The molecule has 0 aliphatic heterocycles. The zero-order valence-electron chi connectivity index (χ0n) is 4.64. The highest BCUT2D eigenvalue weighted by molar-refractivity contribution is 5.85. The SMILES string of the molecule is Cl.NOCC1CC1(F)F. The largest absolute Gasteiger partial charge is 0.304 e. The first-order valence-electron chi connectivity index (χ1n) is 2.36. The maximum Gasteiger partial charge on any atom is 0.254 e. The predicted molar refractivity (Wildman–Crippen MR) is 30.4 cm³/mol. The van der Waals surface area contributed by atoms with E-state index in [1.165, 1.54) is 0 Å². The van der Waals surface area contributed by atoms with Crippen LogP contribution in [0.5, 0.6) is 0 Å². The molecule has 1 unspecified atom stereocenters. The Morgan fingerprint density at radius 1 is 1.67 bits per heavy atom. The molecule has 2 N–H and O–H groups in total. The molecule has 1 aliphatic rings. The minimum atomic E-state index is -2.49. The summed E-state index contributed by atoms with van der Waals surface area (Å²) in [6.45, 7) is -0.0208. The Balaban J connectivity index is 0.000000640. The molecule has 1 fully saturated rings. The molecule has 0 radical (unpaired) electrons. The highest BCUT2D eigenvalue weighted by Gasteiger charge is 2.56.